The van der Waals surface area contributed by atoms with E-state index < -0.39 is 25.7 Å². The van der Waals surface area contributed by atoms with E-state index in [0.717, 1.165) is 19.4 Å². The Hall–Kier alpha value is -2.86. The molecule has 1 amide bonds. The SMILES string of the molecule is CC(C)(C(=O)NCc1cn(Cc2ccc([N+](=O)[O-])cc2)nn1)S(=O)(=O)O. The molecule has 11 nitrogen and oxygen atoms in total. The number of hydrogen-bond donors (Lipinski definition) is 2. The maximum absolute atomic E-state index is 11.9. The van der Waals surface area contributed by atoms with Gasteiger partial charge in [-0.15, -0.1) is 5.10 Å². The highest BCUT2D eigenvalue weighted by atomic mass is 32.2. The molecule has 2 aromatic rings. The van der Waals surface area contributed by atoms with Crippen LogP contribution >= 0.6 is 0 Å². The fourth-order valence-corrected chi connectivity index (χ4v) is 2.21. The van der Waals surface area contributed by atoms with E-state index >= 15 is 0 Å². The quantitative estimate of drug-likeness (QED) is 0.398. The fraction of sp³-hybridized carbons (Fsp3) is 0.357. The van der Waals surface area contributed by atoms with Gasteiger partial charge in [-0.3, -0.25) is 19.5 Å². The second-order valence-corrected chi connectivity index (χ2v) is 7.97. The maximum Gasteiger partial charge on any atom is 0.279 e. The number of carbonyl (C=O) groups is 1. The Morgan fingerprint density at radius 2 is 1.96 bits per heavy atom. The van der Waals surface area contributed by atoms with Crippen molar-refractivity contribution in [2.75, 3.05) is 0 Å². The lowest BCUT2D eigenvalue weighted by Gasteiger charge is -2.19. The summed E-state index contributed by atoms with van der Waals surface area (Å²) in [5.74, 6) is -0.870. The van der Waals surface area contributed by atoms with E-state index in [9.17, 15) is 23.3 Å². The molecule has 0 aliphatic carbocycles. The number of hydrogen-bond acceptors (Lipinski definition) is 7. The Morgan fingerprint density at radius 3 is 2.50 bits per heavy atom. The van der Waals surface area contributed by atoms with Crippen LogP contribution in [0.15, 0.2) is 30.5 Å². The summed E-state index contributed by atoms with van der Waals surface area (Å²) in [6.45, 7) is 2.42. The second kappa shape index (κ2) is 7.17. The van der Waals surface area contributed by atoms with Crippen LogP contribution in [0.2, 0.25) is 0 Å². The van der Waals surface area contributed by atoms with Crippen molar-refractivity contribution >= 4 is 21.7 Å². The normalized spacial score (nSPS) is 12.0. The summed E-state index contributed by atoms with van der Waals surface area (Å²) < 4.78 is 31.0. The molecule has 26 heavy (non-hydrogen) atoms. The summed E-state index contributed by atoms with van der Waals surface area (Å²) >= 11 is 0. The molecule has 0 atom stereocenters. The highest BCUT2D eigenvalue weighted by Gasteiger charge is 2.40. The number of amides is 1. The van der Waals surface area contributed by atoms with Crippen LogP contribution in [0, 0.1) is 10.1 Å². The van der Waals surface area contributed by atoms with E-state index in [1.807, 2.05) is 0 Å². The van der Waals surface area contributed by atoms with E-state index in [-0.39, 0.29) is 12.2 Å². The van der Waals surface area contributed by atoms with E-state index in [0.29, 0.717) is 12.2 Å². The Labute approximate surface area is 148 Å². The lowest BCUT2D eigenvalue weighted by atomic mass is 10.2. The molecule has 0 aliphatic rings. The van der Waals surface area contributed by atoms with Crippen LogP contribution in [0.3, 0.4) is 0 Å². The van der Waals surface area contributed by atoms with Crippen LogP contribution in [-0.4, -0.2) is 43.5 Å². The third kappa shape index (κ3) is 4.40. The minimum atomic E-state index is -4.55. The molecular weight excluding hydrogens is 366 g/mol. The first-order chi connectivity index (χ1) is 12.0. The van der Waals surface area contributed by atoms with Crippen LogP contribution < -0.4 is 5.32 Å². The third-order valence-corrected chi connectivity index (χ3v) is 5.17. The lowest BCUT2D eigenvalue weighted by molar-refractivity contribution is -0.384. The summed E-state index contributed by atoms with van der Waals surface area (Å²) in [4.78, 5) is 22.0. The number of nitrogens with one attached hydrogen (secondary N) is 1. The molecule has 1 aromatic carbocycles. The largest absolute Gasteiger partial charge is 0.349 e. The first-order valence-corrected chi connectivity index (χ1v) is 8.82. The molecule has 0 fully saturated rings. The first-order valence-electron chi connectivity index (χ1n) is 7.38. The van der Waals surface area contributed by atoms with Gasteiger partial charge in [-0.2, -0.15) is 8.42 Å². The summed E-state index contributed by atoms with van der Waals surface area (Å²) in [7, 11) is -4.55. The van der Waals surface area contributed by atoms with Gasteiger partial charge in [0, 0.05) is 12.1 Å². The van der Waals surface area contributed by atoms with Crippen molar-refractivity contribution in [1.29, 1.82) is 0 Å². The molecule has 0 unspecified atom stereocenters. The molecule has 0 bridgehead atoms. The van der Waals surface area contributed by atoms with Crippen molar-refractivity contribution in [2.24, 2.45) is 0 Å². The maximum atomic E-state index is 11.9. The van der Waals surface area contributed by atoms with Gasteiger partial charge in [0.2, 0.25) is 5.91 Å². The highest BCUT2D eigenvalue weighted by Crippen LogP contribution is 2.15. The zero-order chi connectivity index (χ0) is 19.5. The van der Waals surface area contributed by atoms with Crippen molar-refractivity contribution in [3.63, 3.8) is 0 Å². The Kier molecular flexibility index (Phi) is 5.37. The minimum absolute atomic E-state index is 0.0165. The molecular formula is C14H17N5O6S. The molecule has 2 N–H and O–H groups in total. The zero-order valence-electron chi connectivity index (χ0n) is 14.0. The van der Waals surface area contributed by atoms with Gasteiger partial charge in [0.25, 0.3) is 15.8 Å². The molecule has 0 saturated heterocycles. The number of benzene rings is 1. The van der Waals surface area contributed by atoms with E-state index in [2.05, 4.69) is 15.6 Å². The van der Waals surface area contributed by atoms with Crippen LogP contribution in [0.25, 0.3) is 0 Å². The van der Waals surface area contributed by atoms with Gasteiger partial charge in [-0.1, -0.05) is 17.3 Å². The molecule has 0 saturated carbocycles. The number of non-ortho nitro benzene ring substituents is 1. The molecule has 140 valence electrons. The van der Waals surface area contributed by atoms with Crippen molar-refractivity contribution in [2.45, 2.75) is 31.7 Å². The highest BCUT2D eigenvalue weighted by molar-refractivity contribution is 7.88. The molecule has 0 radical (unpaired) electrons. The topological polar surface area (TPSA) is 157 Å². The van der Waals surface area contributed by atoms with Crippen molar-refractivity contribution < 1.29 is 22.7 Å². The number of nitro benzene ring substituents is 1. The molecule has 0 aliphatic heterocycles. The van der Waals surface area contributed by atoms with Crippen LogP contribution in [0.4, 0.5) is 5.69 Å². The van der Waals surface area contributed by atoms with Crippen molar-refractivity contribution in [1.82, 2.24) is 20.3 Å². The summed E-state index contributed by atoms with van der Waals surface area (Å²) in [5, 5.41) is 20.7. The summed E-state index contributed by atoms with van der Waals surface area (Å²) in [6.07, 6.45) is 1.54. The van der Waals surface area contributed by atoms with Gasteiger partial charge in [-0.25, -0.2) is 4.68 Å². The first kappa shape index (κ1) is 19.5. The Balaban J connectivity index is 1.97. The van der Waals surface area contributed by atoms with Gasteiger partial charge in [0.15, 0.2) is 4.75 Å². The number of rotatable bonds is 7. The lowest BCUT2D eigenvalue weighted by Crippen LogP contribution is -2.47. The molecule has 1 aromatic heterocycles. The predicted octanol–water partition coefficient (Wildman–Crippen LogP) is 0.517. The zero-order valence-corrected chi connectivity index (χ0v) is 14.8. The second-order valence-electron chi connectivity index (χ2n) is 6.00. The Bertz CT molecular complexity index is 920. The molecule has 2 rings (SSSR count). The number of carbonyl (C=O) groups excluding carboxylic acids is 1. The van der Waals surface area contributed by atoms with Gasteiger partial charge in [-0.05, 0) is 19.4 Å². The van der Waals surface area contributed by atoms with Gasteiger partial charge in [0.05, 0.1) is 24.2 Å². The van der Waals surface area contributed by atoms with Crippen LogP contribution in [0.5, 0.6) is 0 Å². The van der Waals surface area contributed by atoms with Gasteiger partial charge < -0.3 is 5.32 Å². The minimum Gasteiger partial charge on any atom is -0.349 e. The summed E-state index contributed by atoms with van der Waals surface area (Å²) in [6, 6.07) is 5.95. The standard InChI is InChI=1S/C14H17N5O6S/c1-14(2,26(23,24)25)13(20)15-7-11-9-18(17-16-11)8-10-3-5-12(6-4-10)19(21)22/h3-6,9H,7-8H2,1-2H3,(H,15,20)(H,23,24,25). The van der Waals surface area contributed by atoms with Crippen LogP contribution in [0.1, 0.15) is 25.1 Å². The average molecular weight is 383 g/mol. The van der Waals surface area contributed by atoms with Gasteiger partial charge >= 0.3 is 0 Å². The van der Waals surface area contributed by atoms with Crippen molar-refractivity contribution in [3.05, 3.63) is 51.8 Å². The Morgan fingerprint density at radius 1 is 1.35 bits per heavy atom. The van der Waals surface area contributed by atoms with Crippen molar-refractivity contribution in [3.8, 4) is 0 Å². The molecule has 0 spiro atoms. The predicted molar refractivity (Wildman–Crippen MR) is 89.7 cm³/mol. The summed E-state index contributed by atoms with van der Waals surface area (Å²) in [5.41, 5.74) is 1.13. The van der Waals surface area contributed by atoms with E-state index in [1.54, 1.807) is 18.3 Å². The number of nitro groups is 1. The monoisotopic (exact) mass is 383 g/mol. The fourth-order valence-electron chi connectivity index (χ4n) is 1.91. The molecule has 1 heterocycles. The van der Waals surface area contributed by atoms with E-state index in [4.69, 9.17) is 4.55 Å². The number of aromatic nitrogens is 3. The smallest absolute Gasteiger partial charge is 0.279 e. The molecule has 12 heteroatoms. The van der Waals surface area contributed by atoms with E-state index in [1.165, 1.54) is 16.8 Å². The van der Waals surface area contributed by atoms with Gasteiger partial charge in [0.1, 0.15) is 5.69 Å². The average Bonchev–Trinajstić information content (AvgIpc) is 2.99. The third-order valence-electron chi connectivity index (χ3n) is 3.70. The van der Waals surface area contributed by atoms with Crippen LogP contribution in [-0.2, 0) is 28.0 Å². The number of nitrogens with zero attached hydrogens (tertiary/aromatic N) is 4.